The smallest absolute Gasteiger partial charge is 0.323 e. The van der Waals surface area contributed by atoms with Gasteiger partial charge in [-0.25, -0.2) is 4.98 Å². The van der Waals surface area contributed by atoms with Crippen molar-refractivity contribution in [3.8, 4) is 0 Å². The normalized spacial score (nSPS) is 13.8. The molecule has 1 N–H and O–H groups in total. The monoisotopic (exact) mass is 330 g/mol. The summed E-state index contributed by atoms with van der Waals surface area (Å²) in [6, 6.07) is 8.88. The molecule has 0 radical (unpaired) electrons. The van der Waals surface area contributed by atoms with Crippen molar-refractivity contribution in [3.05, 3.63) is 45.9 Å². The SMILES string of the molecule is Cc1nc(CC2CC2)sc1C(=O)N(CC(=O)O)c1ccccc1. The van der Waals surface area contributed by atoms with Crippen LogP contribution in [0.15, 0.2) is 30.3 Å². The molecule has 0 aliphatic heterocycles. The maximum absolute atomic E-state index is 12.8. The van der Waals surface area contributed by atoms with Crippen LogP contribution < -0.4 is 4.90 Å². The lowest BCUT2D eigenvalue weighted by Crippen LogP contribution is -2.35. The number of carboxylic acid groups (broad SMARTS) is 1. The number of hydrogen-bond acceptors (Lipinski definition) is 4. The van der Waals surface area contributed by atoms with Crippen molar-refractivity contribution in [2.75, 3.05) is 11.4 Å². The average molecular weight is 330 g/mol. The van der Waals surface area contributed by atoms with Gasteiger partial charge in [0.25, 0.3) is 5.91 Å². The van der Waals surface area contributed by atoms with Gasteiger partial charge in [0.15, 0.2) is 0 Å². The number of anilines is 1. The Balaban J connectivity index is 1.88. The van der Waals surface area contributed by atoms with E-state index in [1.165, 1.54) is 29.1 Å². The summed E-state index contributed by atoms with van der Waals surface area (Å²) in [4.78, 5) is 30.3. The number of thiazole rings is 1. The van der Waals surface area contributed by atoms with Gasteiger partial charge in [0, 0.05) is 12.1 Å². The Morgan fingerprint density at radius 3 is 2.61 bits per heavy atom. The number of carbonyl (C=O) groups excluding carboxylic acids is 1. The first-order chi connectivity index (χ1) is 11.0. The number of hydrogen-bond donors (Lipinski definition) is 1. The van der Waals surface area contributed by atoms with E-state index in [1.807, 2.05) is 13.0 Å². The van der Waals surface area contributed by atoms with Gasteiger partial charge in [0.1, 0.15) is 11.4 Å². The molecule has 120 valence electrons. The summed E-state index contributed by atoms with van der Waals surface area (Å²) < 4.78 is 0. The minimum absolute atomic E-state index is 0.296. The van der Waals surface area contributed by atoms with Crippen LogP contribution in [0.2, 0.25) is 0 Å². The van der Waals surface area contributed by atoms with Gasteiger partial charge in [0.05, 0.1) is 10.7 Å². The molecule has 1 heterocycles. The zero-order valence-corrected chi connectivity index (χ0v) is 13.7. The van der Waals surface area contributed by atoms with E-state index in [0.717, 1.165) is 11.4 Å². The Bertz CT molecular complexity index is 723. The molecule has 1 amide bonds. The highest BCUT2D eigenvalue weighted by Crippen LogP contribution is 2.34. The van der Waals surface area contributed by atoms with E-state index >= 15 is 0 Å². The van der Waals surface area contributed by atoms with Gasteiger partial charge in [-0.1, -0.05) is 18.2 Å². The van der Waals surface area contributed by atoms with Gasteiger partial charge in [-0.05, 0) is 37.8 Å². The van der Waals surface area contributed by atoms with Gasteiger partial charge in [-0.15, -0.1) is 11.3 Å². The molecule has 5 nitrogen and oxygen atoms in total. The second-order valence-corrected chi connectivity index (χ2v) is 6.87. The molecule has 0 saturated heterocycles. The van der Waals surface area contributed by atoms with E-state index in [4.69, 9.17) is 5.11 Å². The van der Waals surface area contributed by atoms with Crippen LogP contribution in [0.4, 0.5) is 5.69 Å². The zero-order valence-electron chi connectivity index (χ0n) is 12.9. The predicted molar refractivity (Wildman–Crippen MR) is 89.0 cm³/mol. The van der Waals surface area contributed by atoms with Gasteiger partial charge in [-0.2, -0.15) is 0 Å². The molecule has 1 aliphatic rings. The molecular weight excluding hydrogens is 312 g/mol. The maximum atomic E-state index is 12.8. The lowest BCUT2D eigenvalue weighted by atomic mass is 10.2. The van der Waals surface area contributed by atoms with Crippen molar-refractivity contribution in [2.45, 2.75) is 26.2 Å². The number of aromatic nitrogens is 1. The Kier molecular flexibility index (Phi) is 4.43. The molecule has 0 atom stereocenters. The predicted octanol–water partition coefficient (Wildman–Crippen LogP) is 3.14. The lowest BCUT2D eigenvalue weighted by molar-refractivity contribution is -0.135. The number of aliphatic carboxylic acids is 1. The van der Waals surface area contributed by atoms with Gasteiger partial charge >= 0.3 is 5.97 Å². The Morgan fingerprint density at radius 2 is 2.00 bits per heavy atom. The van der Waals surface area contributed by atoms with Gasteiger partial charge in [-0.3, -0.25) is 14.5 Å². The molecule has 3 rings (SSSR count). The number of rotatable bonds is 6. The van der Waals surface area contributed by atoms with E-state index in [9.17, 15) is 9.59 Å². The first-order valence-electron chi connectivity index (χ1n) is 7.59. The Morgan fingerprint density at radius 1 is 1.30 bits per heavy atom. The third kappa shape index (κ3) is 3.76. The summed E-state index contributed by atoms with van der Waals surface area (Å²) in [6.45, 7) is 1.45. The lowest BCUT2D eigenvalue weighted by Gasteiger charge is -2.20. The zero-order chi connectivity index (χ0) is 16.4. The minimum Gasteiger partial charge on any atom is -0.480 e. The molecule has 1 aliphatic carbocycles. The number of carboxylic acids is 1. The van der Waals surface area contributed by atoms with Crippen molar-refractivity contribution in [1.29, 1.82) is 0 Å². The largest absolute Gasteiger partial charge is 0.480 e. The van der Waals surface area contributed by atoms with Crippen LogP contribution in [0.25, 0.3) is 0 Å². The fourth-order valence-electron chi connectivity index (χ4n) is 2.45. The molecule has 0 spiro atoms. The number of amides is 1. The van der Waals surface area contributed by atoms with Crippen molar-refractivity contribution < 1.29 is 14.7 Å². The Hall–Kier alpha value is -2.21. The van der Waals surface area contributed by atoms with Crippen molar-refractivity contribution >= 4 is 28.9 Å². The molecule has 23 heavy (non-hydrogen) atoms. The van der Waals surface area contributed by atoms with Crippen molar-refractivity contribution in [1.82, 2.24) is 4.98 Å². The first kappa shape index (κ1) is 15.7. The number of nitrogens with zero attached hydrogens (tertiary/aromatic N) is 2. The van der Waals surface area contributed by atoms with Crippen molar-refractivity contribution in [2.24, 2.45) is 5.92 Å². The highest BCUT2D eigenvalue weighted by molar-refractivity contribution is 7.14. The molecule has 0 bridgehead atoms. The topological polar surface area (TPSA) is 70.5 Å². The maximum Gasteiger partial charge on any atom is 0.323 e. The number of para-hydroxylation sites is 1. The molecule has 2 aromatic rings. The van der Waals surface area contributed by atoms with Gasteiger partial charge in [0.2, 0.25) is 0 Å². The van der Waals surface area contributed by atoms with E-state index < -0.39 is 5.97 Å². The van der Waals surface area contributed by atoms with Crippen LogP contribution in [0.3, 0.4) is 0 Å². The van der Waals surface area contributed by atoms with E-state index in [0.29, 0.717) is 22.2 Å². The minimum atomic E-state index is -1.04. The number of carbonyl (C=O) groups is 2. The highest BCUT2D eigenvalue weighted by atomic mass is 32.1. The molecule has 1 saturated carbocycles. The fourth-order valence-corrected chi connectivity index (χ4v) is 3.58. The van der Waals surface area contributed by atoms with Crippen LogP contribution in [-0.2, 0) is 11.2 Å². The quantitative estimate of drug-likeness (QED) is 0.883. The number of aryl methyl sites for hydroxylation is 1. The summed E-state index contributed by atoms with van der Waals surface area (Å²) in [7, 11) is 0. The molecule has 1 fully saturated rings. The highest BCUT2D eigenvalue weighted by Gasteiger charge is 2.27. The fraction of sp³-hybridized carbons (Fsp3) is 0.353. The summed E-state index contributed by atoms with van der Waals surface area (Å²) in [5.74, 6) is -0.633. The van der Waals surface area contributed by atoms with E-state index in [1.54, 1.807) is 24.3 Å². The Labute approximate surface area is 138 Å². The van der Waals surface area contributed by atoms with E-state index in [-0.39, 0.29) is 12.5 Å². The average Bonchev–Trinajstić information content (AvgIpc) is 3.26. The van der Waals surface area contributed by atoms with Crippen LogP contribution in [0.5, 0.6) is 0 Å². The third-order valence-corrected chi connectivity index (χ3v) is 4.97. The van der Waals surface area contributed by atoms with Crippen LogP contribution >= 0.6 is 11.3 Å². The number of benzene rings is 1. The second-order valence-electron chi connectivity index (χ2n) is 5.79. The molecule has 0 unspecified atom stereocenters. The van der Waals surface area contributed by atoms with Crippen LogP contribution in [0, 0.1) is 12.8 Å². The summed E-state index contributed by atoms with van der Waals surface area (Å²) in [5.41, 5.74) is 1.26. The summed E-state index contributed by atoms with van der Waals surface area (Å²) in [6.07, 6.45) is 3.39. The molecular formula is C17H18N2O3S. The van der Waals surface area contributed by atoms with Crippen LogP contribution in [-0.4, -0.2) is 28.5 Å². The molecule has 6 heteroatoms. The molecule has 1 aromatic carbocycles. The molecule has 1 aromatic heterocycles. The van der Waals surface area contributed by atoms with Crippen molar-refractivity contribution in [3.63, 3.8) is 0 Å². The third-order valence-electron chi connectivity index (χ3n) is 3.80. The standard InChI is InChI=1S/C17H18N2O3S/c1-11-16(23-14(18-11)9-12-7-8-12)17(22)19(10-15(20)21)13-5-3-2-4-6-13/h2-6,12H,7-10H2,1H3,(H,20,21). The second kappa shape index (κ2) is 6.50. The van der Waals surface area contributed by atoms with Crippen LogP contribution in [0.1, 0.15) is 33.2 Å². The first-order valence-corrected chi connectivity index (χ1v) is 8.41. The summed E-state index contributed by atoms with van der Waals surface area (Å²) >= 11 is 1.39. The van der Waals surface area contributed by atoms with E-state index in [2.05, 4.69) is 4.98 Å². The van der Waals surface area contributed by atoms with Gasteiger partial charge < -0.3 is 5.11 Å². The summed E-state index contributed by atoms with van der Waals surface area (Å²) in [5, 5.41) is 10.1.